The Bertz CT molecular complexity index is 533. The highest BCUT2D eigenvalue weighted by Gasteiger charge is 2.30. The molecule has 0 saturated carbocycles. The molecule has 6 nitrogen and oxygen atoms in total. The Kier molecular flexibility index (Phi) is 8.03. The molecule has 0 spiro atoms. The predicted octanol–water partition coefficient (Wildman–Crippen LogP) is 2.34. The van der Waals surface area contributed by atoms with Gasteiger partial charge in [0.25, 0.3) is 5.91 Å². The van der Waals surface area contributed by atoms with Crippen molar-refractivity contribution in [2.24, 2.45) is 0 Å². The number of benzene rings is 1. The van der Waals surface area contributed by atoms with Crippen LogP contribution in [0.15, 0.2) is 24.3 Å². The summed E-state index contributed by atoms with van der Waals surface area (Å²) in [6.45, 7) is 2.81. The third-order valence-electron chi connectivity index (χ3n) is 2.76. The summed E-state index contributed by atoms with van der Waals surface area (Å²) in [7, 11) is 0. The summed E-state index contributed by atoms with van der Waals surface area (Å²) < 4.78 is 47.3. The zero-order chi connectivity index (χ0) is 18.0. The highest BCUT2D eigenvalue weighted by Crippen LogP contribution is 2.30. The first-order valence-corrected chi connectivity index (χ1v) is 7.28. The molecule has 1 aromatic rings. The van der Waals surface area contributed by atoms with E-state index in [1.54, 1.807) is 0 Å². The summed E-state index contributed by atoms with van der Waals surface area (Å²) >= 11 is 0. The van der Waals surface area contributed by atoms with Crippen molar-refractivity contribution in [3.05, 3.63) is 29.8 Å². The lowest BCUT2D eigenvalue weighted by Crippen LogP contribution is -2.42. The molecule has 9 heteroatoms. The summed E-state index contributed by atoms with van der Waals surface area (Å²) in [6.07, 6.45) is -3.83. The molecule has 2 N–H and O–H groups in total. The van der Waals surface area contributed by atoms with Crippen molar-refractivity contribution in [1.29, 1.82) is 0 Å². The molecular weight excluding hydrogens is 329 g/mol. The molecule has 0 unspecified atom stereocenters. The van der Waals surface area contributed by atoms with Gasteiger partial charge < -0.3 is 14.8 Å². The van der Waals surface area contributed by atoms with E-state index in [0.717, 1.165) is 24.3 Å². The quantitative estimate of drug-likeness (QED) is 0.707. The molecule has 0 aliphatic heterocycles. The van der Waals surface area contributed by atoms with Gasteiger partial charge >= 0.3 is 12.2 Å². The van der Waals surface area contributed by atoms with Crippen LogP contribution in [-0.4, -0.2) is 38.3 Å². The van der Waals surface area contributed by atoms with Gasteiger partial charge in [-0.2, -0.15) is 13.2 Å². The summed E-state index contributed by atoms with van der Waals surface area (Å²) in [5.74, 6) is -0.618. The fraction of sp³-hybridized carbons (Fsp3) is 0.467. The number of halogens is 3. The van der Waals surface area contributed by atoms with Crippen molar-refractivity contribution >= 4 is 11.9 Å². The van der Waals surface area contributed by atoms with Gasteiger partial charge in [-0.1, -0.05) is 0 Å². The van der Waals surface area contributed by atoms with E-state index in [0.29, 0.717) is 26.2 Å². The van der Waals surface area contributed by atoms with E-state index < -0.39 is 30.3 Å². The molecule has 24 heavy (non-hydrogen) atoms. The monoisotopic (exact) mass is 348 g/mol. The minimum Gasteiger partial charge on any atom is -0.484 e. The lowest BCUT2D eigenvalue weighted by atomic mass is 10.2. The maximum absolute atomic E-state index is 12.4. The number of nitrogens with one attached hydrogen (secondary N) is 2. The van der Waals surface area contributed by atoms with Crippen LogP contribution >= 0.6 is 0 Å². The van der Waals surface area contributed by atoms with Crippen LogP contribution in [0.1, 0.15) is 18.9 Å². The normalized spacial score (nSPS) is 11.0. The van der Waals surface area contributed by atoms with Gasteiger partial charge in [0.1, 0.15) is 5.75 Å². The average molecular weight is 348 g/mol. The molecule has 1 aromatic carbocycles. The molecule has 0 aliphatic carbocycles. The molecule has 0 radical (unpaired) electrons. The van der Waals surface area contributed by atoms with Crippen molar-refractivity contribution < 1.29 is 32.2 Å². The summed E-state index contributed by atoms with van der Waals surface area (Å²) in [5.41, 5.74) is -0.814. The number of carbonyl (C=O) groups is 2. The second-order valence-corrected chi connectivity index (χ2v) is 4.67. The van der Waals surface area contributed by atoms with E-state index in [2.05, 4.69) is 5.32 Å². The third kappa shape index (κ3) is 7.82. The SMILES string of the molecule is CCOCCCNC(=O)NC(=O)COc1ccc(C(F)(F)F)cc1. The third-order valence-corrected chi connectivity index (χ3v) is 2.76. The van der Waals surface area contributed by atoms with Crippen LogP contribution in [0, 0.1) is 0 Å². The van der Waals surface area contributed by atoms with Gasteiger partial charge in [0.05, 0.1) is 5.56 Å². The molecule has 0 aromatic heterocycles. The maximum atomic E-state index is 12.4. The molecule has 0 bridgehead atoms. The Hall–Kier alpha value is -2.29. The standard InChI is InChI=1S/C15H19F3N2O4/c1-2-23-9-3-8-19-14(22)20-13(21)10-24-12-6-4-11(5-7-12)15(16,17)18/h4-7H,2-3,8-10H2,1H3,(H2,19,20,21,22). The van der Waals surface area contributed by atoms with Crippen molar-refractivity contribution in [3.8, 4) is 5.75 Å². The first kappa shape index (κ1) is 19.8. The maximum Gasteiger partial charge on any atom is 0.416 e. The summed E-state index contributed by atoms with van der Waals surface area (Å²) in [5, 5.41) is 4.51. The number of carbonyl (C=O) groups excluding carboxylic acids is 2. The predicted molar refractivity (Wildman–Crippen MR) is 79.6 cm³/mol. The molecule has 0 aliphatic rings. The highest BCUT2D eigenvalue weighted by atomic mass is 19.4. The van der Waals surface area contributed by atoms with Gasteiger partial charge in [0, 0.05) is 19.8 Å². The topological polar surface area (TPSA) is 76.7 Å². The molecule has 3 amide bonds. The first-order valence-electron chi connectivity index (χ1n) is 7.28. The van der Waals surface area contributed by atoms with E-state index >= 15 is 0 Å². The van der Waals surface area contributed by atoms with Crippen LogP contribution in [0.5, 0.6) is 5.75 Å². The van der Waals surface area contributed by atoms with Crippen molar-refractivity contribution in [3.63, 3.8) is 0 Å². The minimum atomic E-state index is -4.43. The van der Waals surface area contributed by atoms with Crippen LogP contribution in [0.3, 0.4) is 0 Å². The van der Waals surface area contributed by atoms with Crippen molar-refractivity contribution in [1.82, 2.24) is 10.6 Å². The molecule has 0 heterocycles. The van der Waals surface area contributed by atoms with Crippen LogP contribution in [0.25, 0.3) is 0 Å². The minimum absolute atomic E-state index is 0.0928. The van der Waals surface area contributed by atoms with Gasteiger partial charge in [0.2, 0.25) is 0 Å². The van der Waals surface area contributed by atoms with Crippen LogP contribution in [0.4, 0.5) is 18.0 Å². The van der Waals surface area contributed by atoms with E-state index in [-0.39, 0.29) is 5.75 Å². The van der Waals surface area contributed by atoms with E-state index in [1.165, 1.54) is 0 Å². The van der Waals surface area contributed by atoms with E-state index in [1.807, 2.05) is 12.2 Å². The zero-order valence-corrected chi connectivity index (χ0v) is 13.1. The Balaban J connectivity index is 2.27. The summed E-state index contributed by atoms with van der Waals surface area (Å²) in [4.78, 5) is 22.9. The van der Waals surface area contributed by atoms with Crippen LogP contribution < -0.4 is 15.4 Å². The van der Waals surface area contributed by atoms with Crippen LogP contribution in [-0.2, 0) is 15.7 Å². The Morgan fingerprint density at radius 3 is 2.42 bits per heavy atom. The van der Waals surface area contributed by atoms with Gasteiger partial charge in [-0.3, -0.25) is 10.1 Å². The highest BCUT2D eigenvalue weighted by molar-refractivity contribution is 5.94. The fourth-order valence-electron chi connectivity index (χ4n) is 1.62. The zero-order valence-electron chi connectivity index (χ0n) is 13.1. The lowest BCUT2D eigenvalue weighted by Gasteiger charge is -2.10. The summed E-state index contributed by atoms with van der Waals surface area (Å²) in [6, 6.07) is 3.22. The fourth-order valence-corrected chi connectivity index (χ4v) is 1.62. The van der Waals surface area contributed by atoms with Gasteiger partial charge in [-0.05, 0) is 37.6 Å². The second-order valence-electron chi connectivity index (χ2n) is 4.67. The average Bonchev–Trinajstić information content (AvgIpc) is 2.52. The first-order chi connectivity index (χ1) is 11.3. The molecule has 0 fully saturated rings. The number of rotatable bonds is 8. The number of hydrogen-bond donors (Lipinski definition) is 2. The second kappa shape index (κ2) is 9.76. The smallest absolute Gasteiger partial charge is 0.416 e. The Morgan fingerprint density at radius 1 is 1.17 bits per heavy atom. The van der Waals surface area contributed by atoms with Gasteiger partial charge in [-0.15, -0.1) is 0 Å². The Morgan fingerprint density at radius 2 is 1.83 bits per heavy atom. The molecule has 134 valence electrons. The number of imide groups is 1. The number of amides is 3. The van der Waals surface area contributed by atoms with Crippen molar-refractivity contribution in [2.75, 3.05) is 26.4 Å². The number of hydrogen-bond acceptors (Lipinski definition) is 4. The van der Waals surface area contributed by atoms with E-state index in [9.17, 15) is 22.8 Å². The van der Waals surface area contributed by atoms with Gasteiger partial charge in [-0.25, -0.2) is 4.79 Å². The number of alkyl halides is 3. The number of urea groups is 1. The number of ether oxygens (including phenoxy) is 2. The molecule has 0 saturated heterocycles. The lowest BCUT2D eigenvalue weighted by molar-refractivity contribution is -0.137. The van der Waals surface area contributed by atoms with E-state index in [4.69, 9.17) is 9.47 Å². The molecular formula is C15H19F3N2O4. The van der Waals surface area contributed by atoms with Crippen molar-refractivity contribution in [2.45, 2.75) is 19.5 Å². The van der Waals surface area contributed by atoms with Gasteiger partial charge in [0.15, 0.2) is 6.61 Å². The molecule has 1 rings (SSSR count). The van der Waals surface area contributed by atoms with Crippen LogP contribution in [0.2, 0.25) is 0 Å². The molecule has 0 atom stereocenters. The Labute approximate surface area is 137 Å². The largest absolute Gasteiger partial charge is 0.484 e.